The number of ether oxygens (including phenoxy) is 1. The molecule has 40 heavy (non-hydrogen) atoms. The molecule has 1 aliphatic heterocycles. The number of carbonyl (C=O) groups excluding carboxylic acids is 1. The molecule has 0 spiro atoms. The number of hydrogen-bond acceptors (Lipinski definition) is 7. The topological polar surface area (TPSA) is 88.0 Å². The number of alkyl halides is 3. The summed E-state index contributed by atoms with van der Waals surface area (Å²) < 4.78 is 47.0. The van der Waals surface area contributed by atoms with Crippen molar-refractivity contribution in [1.82, 2.24) is 4.90 Å². The summed E-state index contributed by atoms with van der Waals surface area (Å²) in [7, 11) is 0. The van der Waals surface area contributed by atoms with Crippen molar-refractivity contribution in [3.05, 3.63) is 63.7 Å². The van der Waals surface area contributed by atoms with Crippen LogP contribution in [0.25, 0.3) is 10.1 Å². The minimum Gasteiger partial charge on any atom is -0.382 e. The van der Waals surface area contributed by atoms with E-state index in [0.717, 1.165) is 25.2 Å². The van der Waals surface area contributed by atoms with Crippen LogP contribution < -0.4 is 10.2 Å². The van der Waals surface area contributed by atoms with E-state index < -0.39 is 22.4 Å². The number of hydrogen-bond donors (Lipinski definition) is 1. The molecule has 1 N–H and O–H groups in total. The minimum absolute atomic E-state index is 0.0161. The van der Waals surface area contributed by atoms with E-state index in [-0.39, 0.29) is 30.3 Å². The first-order valence-electron chi connectivity index (χ1n) is 13.3. The number of amides is 1. The molecule has 0 bridgehead atoms. The maximum atomic E-state index is 13.3. The van der Waals surface area contributed by atoms with Crippen molar-refractivity contribution in [2.24, 2.45) is 0 Å². The second kappa shape index (κ2) is 11.6. The molecule has 2 heterocycles. The van der Waals surface area contributed by atoms with Crippen LogP contribution in [-0.2, 0) is 15.7 Å². The quantitative estimate of drug-likeness (QED) is 0.265. The van der Waals surface area contributed by atoms with Gasteiger partial charge in [0.2, 0.25) is 5.91 Å². The third kappa shape index (κ3) is 6.49. The summed E-state index contributed by atoms with van der Waals surface area (Å²) in [6.07, 6.45) is -2.25. The summed E-state index contributed by atoms with van der Waals surface area (Å²) in [6.45, 7) is 4.93. The van der Waals surface area contributed by atoms with Crippen LogP contribution in [0.3, 0.4) is 0 Å². The fourth-order valence-electron chi connectivity index (χ4n) is 5.38. The Morgan fingerprint density at radius 3 is 2.48 bits per heavy atom. The van der Waals surface area contributed by atoms with Crippen molar-refractivity contribution in [2.75, 3.05) is 43.0 Å². The van der Waals surface area contributed by atoms with Crippen molar-refractivity contribution < 1.29 is 27.6 Å². The Labute approximate surface area is 233 Å². The molecular formula is C28H31F3N4O4S. The van der Waals surface area contributed by atoms with Gasteiger partial charge >= 0.3 is 6.18 Å². The van der Waals surface area contributed by atoms with Gasteiger partial charge in [-0.3, -0.25) is 14.9 Å². The fraction of sp³-hybridized carbons (Fsp3) is 0.464. The number of anilines is 2. The van der Waals surface area contributed by atoms with Gasteiger partial charge in [-0.15, -0.1) is 11.3 Å². The molecule has 0 atom stereocenters. The maximum absolute atomic E-state index is 13.3. The zero-order valence-corrected chi connectivity index (χ0v) is 22.9. The summed E-state index contributed by atoms with van der Waals surface area (Å²) in [4.78, 5) is 26.9. The molecule has 214 valence electrons. The Hall–Kier alpha value is -3.38. The predicted octanol–water partition coefficient (Wildman–Crippen LogP) is 6.23. The van der Waals surface area contributed by atoms with Gasteiger partial charge in [0.15, 0.2) is 0 Å². The van der Waals surface area contributed by atoms with Gasteiger partial charge in [0, 0.05) is 48.7 Å². The van der Waals surface area contributed by atoms with Crippen molar-refractivity contribution >= 4 is 43.7 Å². The number of nitro benzene ring substituents is 1. The molecule has 12 heteroatoms. The second-order valence-electron chi connectivity index (χ2n) is 10.4. The normalized spacial score (nSPS) is 20.1. The molecule has 1 aromatic heterocycles. The molecule has 1 saturated carbocycles. The summed E-state index contributed by atoms with van der Waals surface area (Å²) in [5.74, 6) is -0.0302. The first kappa shape index (κ1) is 28.2. The van der Waals surface area contributed by atoms with Gasteiger partial charge in [-0.1, -0.05) is 17.7 Å². The lowest BCUT2D eigenvalue weighted by Gasteiger charge is -2.36. The highest BCUT2D eigenvalue weighted by Crippen LogP contribution is 2.38. The molecule has 1 saturated heterocycles. The highest BCUT2D eigenvalue weighted by molar-refractivity contribution is 7.22. The van der Waals surface area contributed by atoms with Gasteiger partial charge < -0.3 is 19.9 Å². The van der Waals surface area contributed by atoms with Crippen molar-refractivity contribution in [2.45, 2.75) is 50.9 Å². The number of nitrogens with one attached hydrogen (secondary N) is 1. The van der Waals surface area contributed by atoms with Crippen LogP contribution in [0.4, 0.5) is 29.5 Å². The lowest BCUT2D eigenvalue weighted by molar-refractivity contribution is -0.388. The first-order chi connectivity index (χ1) is 19.1. The number of piperazine rings is 1. The Morgan fingerprint density at radius 1 is 1.07 bits per heavy atom. The summed E-state index contributed by atoms with van der Waals surface area (Å²) in [5, 5.41) is 16.5. The van der Waals surface area contributed by atoms with E-state index in [1.165, 1.54) is 26.7 Å². The standard InChI is InChI=1S/C28H31F3N4O4S/c1-18-2-9-25-19(14-18)15-27(40-25)34-12-10-33(11-13-34)26(36)17-39-22-6-3-20(4-7-22)32-21-5-8-24(35(37)38)23(16-21)28(29,30)31/h2,5,8-9,14-16,20,22,32H,3-4,6-7,10-13,17H2,1H3. The molecule has 0 unspecified atom stereocenters. The number of benzene rings is 2. The summed E-state index contributed by atoms with van der Waals surface area (Å²) in [6, 6.07) is 11.6. The molecular weight excluding hydrogens is 545 g/mol. The van der Waals surface area contributed by atoms with Crippen molar-refractivity contribution in [1.29, 1.82) is 0 Å². The van der Waals surface area contributed by atoms with Gasteiger partial charge in [-0.05, 0) is 62.3 Å². The average molecular weight is 577 g/mol. The van der Waals surface area contributed by atoms with Gasteiger partial charge in [-0.25, -0.2) is 0 Å². The van der Waals surface area contributed by atoms with E-state index in [0.29, 0.717) is 38.8 Å². The molecule has 1 aliphatic carbocycles. The maximum Gasteiger partial charge on any atom is 0.423 e. The summed E-state index contributed by atoms with van der Waals surface area (Å²) >= 11 is 1.77. The Balaban J connectivity index is 1.05. The van der Waals surface area contributed by atoms with Gasteiger partial charge in [0.05, 0.1) is 16.0 Å². The van der Waals surface area contributed by atoms with E-state index >= 15 is 0 Å². The van der Waals surface area contributed by atoms with Gasteiger partial charge in [0.25, 0.3) is 5.69 Å². The first-order valence-corrected chi connectivity index (χ1v) is 14.1. The van der Waals surface area contributed by atoms with Crippen LogP contribution >= 0.6 is 11.3 Å². The SMILES string of the molecule is Cc1ccc2sc(N3CCN(C(=O)COC4CCC(Nc5ccc([N+](=O)[O-])c(C(F)(F)F)c5)CC4)CC3)cc2c1. The van der Waals surface area contributed by atoms with Crippen LogP contribution in [-0.4, -0.2) is 60.7 Å². The van der Waals surface area contributed by atoms with E-state index in [2.05, 4.69) is 41.4 Å². The van der Waals surface area contributed by atoms with E-state index in [1.807, 2.05) is 4.90 Å². The zero-order valence-electron chi connectivity index (χ0n) is 22.1. The number of halogens is 3. The number of fused-ring (bicyclic) bond motifs is 1. The van der Waals surface area contributed by atoms with Crippen molar-refractivity contribution in [3.63, 3.8) is 0 Å². The second-order valence-corrected chi connectivity index (χ2v) is 11.5. The van der Waals surface area contributed by atoms with Gasteiger partial charge in [-0.2, -0.15) is 13.2 Å². The largest absolute Gasteiger partial charge is 0.423 e. The van der Waals surface area contributed by atoms with E-state index in [4.69, 9.17) is 4.74 Å². The average Bonchev–Trinajstić information content (AvgIpc) is 3.35. The Bertz CT molecular complexity index is 1380. The lowest BCUT2D eigenvalue weighted by Crippen LogP contribution is -2.49. The fourth-order valence-corrected chi connectivity index (χ4v) is 6.48. The highest BCUT2D eigenvalue weighted by atomic mass is 32.1. The van der Waals surface area contributed by atoms with Crippen LogP contribution in [0.1, 0.15) is 36.8 Å². The number of aryl methyl sites for hydroxylation is 1. The minimum atomic E-state index is -4.82. The molecule has 8 nitrogen and oxygen atoms in total. The van der Waals surface area contributed by atoms with E-state index in [1.54, 1.807) is 11.3 Å². The monoisotopic (exact) mass is 576 g/mol. The van der Waals surface area contributed by atoms with Crippen molar-refractivity contribution in [3.8, 4) is 0 Å². The molecule has 2 aliphatic rings. The highest BCUT2D eigenvalue weighted by Gasteiger charge is 2.38. The van der Waals surface area contributed by atoms with Crippen LogP contribution in [0.15, 0.2) is 42.5 Å². The molecule has 1 amide bonds. The molecule has 0 radical (unpaired) electrons. The summed E-state index contributed by atoms with van der Waals surface area (Å²) in [5.41, 5.74) is -0.794. The van der Waals surface area contributed by atoms with Crippen LogP contribution in [0, 0.1) is 17.0 Å². The number of rotatable bonds is 7. The zero-order chi connectivity index (χ0) is 28.4. The van der Waals surface area contributed by atoms with Gasteiger partial charge in [0.1, 0.15) is 12.2 Å². The number of carbonyl (C=O) groups is 1. The van der Waals surface area contributed by atoms with E-state index in [9.17, 15) is 28.1 Å². The smallest absolute Gasteiger partial charge is 0.382 e. The van der Waals surface area contributed by atoms with Crippen LogP contribution in [0.2, 0.25) is 0 Å². The molecule has 2 fully saturated rings. The number of thiophene rings is 1. The molecule has 2 aromatic carbocycles. The Morgan fingerprint density at radius 2 is 1.80 bits per heavy atom. The number of nitro groups is 1. The van der Waals surface area contributed by atoms with Crippen LogP contribution in [0.5, 0.6) is 0 Å². The molecule has 5 rings (SSSR count). The third-order valence-corrected chi connectivity index (χ3v) is 8.77. The number of nitrogens with zero attached hydrogens (tertiary/aromatic N) is 3. The lowest BCUT2D eigenvalue weighted by atomic mass is 9.92. The Kier molecular flexibility index (Phi) is 8.18. The molecule has 3 aromatic rings. The third-order valence-electron chi connectivity index (χ3n) is 7.59. The predicted molar refractivity (Wildman–Crippen MR) is 149 cm³/mol.